The molecule has 0 saturated heterocycles. The first-order valence-electron chi connectivity index (χ1n) is 10.7. The summed E-state index contributed by atoms with van der Waals surface area (Å²) >= 11 is 0. The highest BCUT2D eigenvalue weighted by atomic mass is 32.2. The summed E-state index contributed by atoms with van der Waals surface area (Å²) in [6, 6.07) is 19.1. The van der Waals surface area contributed by atoms with Gasteiger partial charge in [0.15, 0.2) is 0 Å². The van der Waals surface area contributed by atoms with Crippen molar-refractivity contribution in [3.63, 3.8) is 0 Å². The van der Waals surface area contributed by atoms with Gasteiger partial charge in [0.25, 0.3) is 0 Å². The minimum atomic E-state index is -3.99. The molecule has 0 spiro atoms. The molecule has 0 fully saturated rings. The number of carbonyl (C=O) groups excluding carboxylic acids is 1. The molecule has 0 radical (unpaired) electrons. The Morgan fingerprint density at radius 2 is 1.59 bits per heavy atom. The van der Waals surface area contributed by atoms with Gasteiger partial charge in [0.05, 0.1) is 31.4 Å². The van der Waals surface area contributed by atoms with Crippen molar-refractivity contribution in [2.45, 2.75) is 24.3 Å². The first kappa shape index (κ1) is 25.1. The number of benzene rings is 3. The van der Waals surface area contributed by atoms with Crippen LogP contribution in [0.4, 0.5) is 5.69 Å². The monoisotopic (exact) mass is 484 g/mol. The molecule has 2 N–H and O–H groups in total. The number of nitrogens with one attached hydrogen (secondary N) is 2. The van der Waals surface area contributed by atoms with Crippen LogP contribution in [0.2, 0.25) is 0 Å². The Morgan fingerprint density at radius 1 is 0.912 bits per heavy atom. The number of hydrogen-bond donors (Lipinski definition) is 2. The molecule has 34 heavy (non-hydrogen) atoms. The van der Waals surface area contributed by atoms with E-state index in [9.17, 15) is 13.2 Å². The second-order valence-electron chi connectivity index (χ2n) is 7.32. The van der Waals surface area contributed by atoms with Crippen LogP contribution < -0.4 is 24.2 Å². The highest BCUT2D eigenvalue weighted by molar-refractivity contribution is 7.89. The highest BCUT2D eigenvalue weighted by Crippen LogP contribution is 2.29. The zero-order valence-electron chi connectivity index (χ0n) is 19.3. The average molecular weight is 485 g/mol. The Labute approximate surface area is 199 Å². The summed E-state index contributed by atoms with van der Waals surface area (Å²) in [7, 11) is -0.993. The van der Waals surface area contributed by atoms with E-state index in [1.807, 2.05) is 37.3 Å². The maximum absolute atomic E-state index is 13.2. The zero-order chi connectivity index (χ0) is 24.6. The summed E-state index contributed by atoms with van der Waals surface area (Å²) in [5.74, 6) is 0.987. The van der Waals surface area contributed by atoms with Crippen LogP contribution in [0, 0.1) is 0 Å². The SMILES string of the molecule is CCOc1ccc(S(=O)(=O)N[C@@H](Cc2ccccc2)C(=O)Nc2ccc(OC)cc2OC)cc1. The minimum absolute atomic E-state index is 0.0313. The second-order valence-corrected chi connectivity index (χ2v) is 9.04. The van der Waals surface area contributed by atoms with E-state index in [0.717, 1.165) is 5.56 Å². The van der Waals surface area contributed by atoms with Gasteiger partial charge in [-0.2, -0.15) is 4.72 Å². The maximum atomic E-state index is 13.2. The highest BCUT2D eigenvalue weighted by Gasteiger charge is 2.27. The van der Waals surface area contributed by atoms with E-state index in [1.165, 1.54) is 26.4 Å². The molecule has 0 heterocycles. The number of sulfonamides is 1. The number of methoxy groups -OCH3 is 2. The van der Waals surface area contributed by atoms with E-state index in [4.69, 9.17) is 14.2 Å². The van der Waals surface area contributed by atoms with Crippen molar-refractivity contribution in [3.8, 4) is 17.2 Å². The third kappa shape index (κ3) is 6.49. The predicted molar refractivity (Wildman–Crippen MR) is 130 cm³/mol. The number of rotatable bonds is 11. The number of hydrogen-bond acceptors (Lipinski definition) is 6. The summed E-state index contributed by atoms with van der Waals surface area (Å²) in [6.07, 6.45) is 0.154. The molecule has 3 aromatic carbocycles. The van der Waals surface area contributed by atoms with Crippen molar-refractivity contribution in [1.29, 1.82) is 0 Å². The van der Waals surface area contributed by atoms with Crippen LogP contribution in [-0.4, -0.2) is 41.2 Å². The number of anilines is 1. The van der Waals surface area contributed by atoms with Crippen LogP contribution in [0.25, 0.3) is 0 Å². The van der Waals surface area contributed by atoms with E-state index in [1.54, 1.807) is 30.3 Å². The average Bonchev–Trinajstić information content (AvgIpc) is 2.85. The van der Waals surface area contributed by atoms with Crippen LogP contribution in [0.15, 0.2) is 77.7 Å². The molecule has 0 unspecified atom stereocenters. The van der Waals surface area contributed by atoms with Crippen LogP contribution in [0.1, 0.15) is 12.5 Å². The van der Waals surface area contributed by atoms with E-state index in [0.29, 0.717) is 29.5 Å². The molecule has 3 rings (SSSR count). The fourth-order valence-electron chi connectivity index (χ4n) is 3.30. The Balaban J connectivity index is 1.86. The molecule has 0 aliphatic carbocycles. The van der Waals surface area contributed by atoms with Gasteiger partial charge in [-0.25, -0.2) is 8.42 Å². The molecule has 9 heteroatoms. The van der Waals surface area contributed by atoms with Gasteiger partial charge in [-0.05, 0) is 55.3 Å². The molecular formula is C25H28N2O6S. The molecule has 1 atom stereocenters. The first-order chi connectivity index (χ1) is 16.4. The Morgan fingerprint density at radius 3 is 2.21 bits per heavy atom. The Hall–Kier alpha value is -3.56. The molecular weight excluding hydrogens is 456 g/mol. The molecule has 0 aliphatic heterocycles. The minimum Gasteiger partial charge on any atom is -0.497 e. The van der Waals surface area contributed by atoms with E-state index < -0.39 is 22.0 Å². The quantitative estimate of drug-likeness (QED) is 0.431. The lowest BCUT2D eigenvalue weighted by Gasteiger charge is -2.20. The van der Waals surface area contributed by atoms with Crippen molar-refractivity contribution >= 4 is 21.6 Å². The molecule has 0 aromatic heterocycles. The van der Waals surface area contributed by atoms with Gasteiger partial charge in [-0.3, -0.25) is 4.79 Å². The Bertz CT molecular complexity index is 1200. The van der Waals surface area contributed by atoms with Crippen molar-refractivity contribution in [2.24, 2.45) is 0 Å². The van der Waals surface area contributed by atoms with Crippen LogP contribution in [0.5, 0.6) is 17.2 Å². The van der Waals surface area contributed by atoms with Crippen LogP contribution in [-0.2, 0) is 21.2 Å². The van der Waals surface area contributed by atoms with Crippen LogP contribution in [0.3, 0.4) is 0 Å². The normalized spacial score (nSPS) is 12.0. The van der Waals surface area contributed by atoms with Gasteiger partial charge in [0.2, 0.25) is 15.9 Å². The maximum Gasteiger partial charge on any atom is 0.243 e. The van der Waals surface area contributed by atoms with Crippen LogP contribution >= 0.6 is 0 Å². The second kappa shape index (κ2) is 11.5. The predicted octanol–water partition coefficient (Wildman–Crippen LogP) is 3.63. The van der Waals surface area contributed by atoms with Gasteiger partial charge in [-0.1, -0.05) is 30.3 Å². The van der Waals surface area contributed by atoms with Gasteiger partial charge < -0.3 is 19.5 Å². The van der Waals surface area contributed by atoms with Gasteiger partial charge in [0.1, 0.15) is 23.3 Å². The summed E-state index contributed by atoms with van der Waals surface area (Å²) in [4.78, 5) is 13.3. The summed E-state index contributed by atoms with van der Waals surface area (Å²) in [5, 5.41) is 2.77. The molecule has 180 valence electrons. The van der Waals surface area contributed by atoms with E-state index >= 15 is 0 Å². The third-order valence-electron chi connectivity index (χ3n) is 5.01. The molecule has 1 amide bonds. The lowest BCUT2D eigenvalue weighted by molar-refractivity contribution is -0.117. The Kier molecular flexibility index (Phi) is 8.50. The number of ether oxygens (including phenoxy) is 3. The largest absolute Gasteiger partial charge is 0.497 e. The van der Waals surface area contributed by atoms with Gasteiger partial charge >= 0.3 is 0 Å². The van der Waals surface area contributed by atoms with Crippen molar-refractivity contribution in [3.05, 3.63) is 78.4 Å². The lowest BCUT2D eigenvalue weighted by Crippen LogP contribution is -2.45. The van der Waals surface area contributed by atoms with Gasteiger partial charge in [-0.15, -0.1) is 0 Å². The van der Waals surface area contributed by atoms with Crippen molar-refractivity contribution < 1.29 is 27.4 Å². The lowest BCUT2D eigenvalue weighted by atomic mass is 10.1. The standard InChI is InChI=1S/C25H28N2O6S/c1-4-33-19-10-13-21(14-11-19)34(29,30)27-23(16-18-8-6-5-7-9-18)25(28)26-22-15-12-20(31-2)17-24(22)32-3/h5-15,17,23,27H,4,16H2,1-3H3,(H,26,28)/t23-/m0/s1. The fourth-order valence-corrected chi connectivity index (χ4v) is 4.49. The van der Waals surface area contributed by atoms with E-state index in [-0.39, 0.29) is 11.3 Å². The topological polar surface area (TPSA) is 103 Å². The van der Waals surface area contributed by atoms with Crippen molar-refractivity contribution in [1.82, 2.24) is 4.72 Å². The molecule has 3 aromatic rings. The fraction of sp³-hybridized carbons (Fsp3) is 0.240. The smallest absolute Gasteiger partial charge is 0.243 e. The van der Waals surface area contributed by atoms with Crippen molar-refractivity contribution in [2.75, 3.05) is 26.1 Å². The summed E-state index contributed by atoms with van der Waals surface area (Å²) in [6.45, 7) is 2.31. The molecule has 8 nitrogen and oxygen atoms in total. The van der Waals surface area contributed by atoms with Gasteiger partial charge in [0, 0.05) is 6.07 Å². The van der Waals surface area contributed by atoms with E-state index in [2.05, 4.69) is 10.0 Å². The molecule has 0 aliphatic rings. The third-order valence-corrected chi connectivity index (χ3v) is 6.50. The summed E-state index contributed by atoms with van der Waals surface area (Å²) < 4.78 is 44.6. The first-order valence-corrected chi connectivity index (χ1v) is 12.2. The zero-order valence-corrected chi connectivity index (χ0v) is 20.1. The number of carbonyl (C=O) groups is 1. The molecule has 0 saturated carbocycles. The number of amides is 1. The molecule has 0 bridgehead atoms. The summed E-state index contributed by atoms with van der Waals surface area (Å²) in [5.41, 5.74) is 1.20.